The first kappa shape index (κ1) is 10.8. The monoisotopic (exact) mass is 259 g/mol. The molecule has 0 spiro atoms. The van der Waals surface area contributed by atoms with E-state index < -0.39 is 5.97 Å². The van der Waals surface area contributed by atoms with Crippen LogP contribution in [0.3, 0.4) is 0 Å². The summed E-state index contributed by atoms with van der Waals surface area (Å²) in [6.45, 7) is 0. The van der Waals surface area contributed by atoms with E-state index in [-0.39, 0.29) is 5.57 Å². The summed E-state index contributed by atoms with van der Waals surface area (Å²) in [5.74, 6) is -0.450. The van der Waals surface area contributed by atoms with Crippen LogP contribution >= 0.6 is 15.9 Å². The zero-order valence-electron chi connectivity index (χ0n) is 7.58. The normalized spacial score (nSPS) is 17.0. The van der Waals surface area contributed by atoms with E-state index in [2.05, 4.69) is 15.9 Å². The second-order valence-corrected chi connectivity index (χ2v) is 3.57. The first-order valence-electron chi connectivity index (χ1n) is 3.90. The lowest BCUT2D eigenvalue weighted by atomic mass is 10.2. The summed E-state index contributed by atoms with van der Waals surface area (Å²) in [7, 11) is 1.52. The number of ether oxygens (including phenoxy) is 1. The van der Waals surface area contributed by atoms with Crippen molar-refractivity contribution in [2.45, 2.75) is 6.42 Å². The zero-order chi connectivity index (χ0) is 10.7. The van der Waals surface area contributed by atoms with Crippen LogP contribution in [0.25, 0.3) is 0 Å². The Balaban J connectivity index is 3.12. The van der Waals surface area contributed by atoms with Gasteiger partial charge in [0.25, 0.3) is 0 Å². The Kier molecular flexibility index (Phi) is 3.35. The van der Waals surface area contributed by atoms with Gasteiger partial charge in [0.1, 0.15) is 5.76 Å². The minimum absolute atomic E-state index is 0.0974. The maximum atomic E-state index is 10.8. The van der Waals surface area contributed by atoms with Gasteiger partial charge in [-0.2, -0.15) is 0 Å². The number of carboxylic acids is 1. The Morgan fingerprint density at radius 2 is 2.36 bits per heavy atom. The average Bonchev–Trinajstić information content (AvgIpc) is 2.26. The molecule has 3 N–H and O–H groups in total. The van der Waals surface area contributed by atoms with Crippen molar-refractivity contribution in [3.8, 4) is 0 Å². The van der Waals surface area contributed by atoms with Crippen LogP contribution in [0.4, 0.5) is 0 Å². The molecule has 0 radical (unpaired) electrons. The Morgan fingerprint density at radius 1 is 1.71 bits per heavy atom. The van der Waals surface area contributed by atoms with Crippen molar-refractivity contribution >= 4 is 21.9 Å². The average molecular weight is 260 g/mol. The number of aliphatic carboxylic acids is 1. The number of carbonyl (C=O) groups is 1. The van der Waals surface area contributed by atoms with Crippen molar-refractivity contribution < 1.29 is 14.6 Å². The maximum Gasteiger partial charge on any atom is 0.337 e. The van der Waals surface area contributed by atoms with Crippen molar-refractivity contribution in [1.82, 2.24) is 0 Å². The van der Waals surface area contributed by atoms with Gasteiger partial charge in [-0.25, -0.2) is 4.79 Å². The Morgan fingerprint density at radius 3 is 2.86 bits per heavy atom. The minimum atomic E-state index is -1.04. The van der Waals surface area contributed by atoms with Gasteiger partial charge in [0, 0.05) is 12.1 Å². The highest BCUT2D eigenvalue weighted by Crippen LogP contribution is 2.25. The number of methoxy groups -OCH3 is 1. The summed E-state index contributed by atoms with van der Waals surface area (Å²) < 4.78 is 5.61. The van der Waals surface area contributed by atoms with E-state index in [1.54, 1.807) is 6.08 Å². The minimum Gasteiger partial charge on any atom is -0.496 e. The van der Waals surface area contributed by atoms with Crippen molar-refractivity contribution in [2.75, 3.05) is 7.11 Å². The topological polar surface area (TPSA) is 72.5 Å². The van der Waals surface area contributed by atoms with E-state index in [0.717, 1.165) is 0 Å². The highest BCUT2D eigenvalue weighted by atomic mass is 79.9. The number of halogens is 1. The van der Waals surface area contributed by atoms with E-state index in [9.17, 15) is 4.79 Å². The Labute approximate surface area is 89.9 Å². The molecule has 1 aliphatic rings. The van der Waals surface area contributed by atoms with Crippen LogP contribution in [0.5, 0.6) is 0 Å². The fourth-order valence-electron chi connectivity index (χ4n) is 1.08. The van der Waals surface area contributed by atoms with Crippen LogP contribution in [0.2, 0.25) is 0 Å². The Hall–Kier alpha value is -1.23. The number of hydrogen-bond donors (Lipinski definition) is 2. The third kappa shape index (κ3) is 2.17. The molecule has 0 saturated carbocycles. The molecule has 0 aromatic heterocycles. The summed E-state index contributed by atoms with van der Waals surface area (Å²) in [4.78, 5) is 10.8. The predicted molar refractivity (Wildman–Crippen MR) is 55.6 cm³/mol. The lowest BCUT2D eigenvalue weighted by Gasteiger charge is -2.02. The summed E-state index contributed by atoms with van der Waals surface area (Å²) in [5, 5.41) is 8.84. The summed E-state index contributed by atoms with van der Waals surface area (Å²) in [6.07, 6.45) is 3.54. The molecule has 4 nitrogen and oxygen atoms in total. The molecule has 0 aromatic carbocycles. The van der Waals surface area contributed by atoms with Crippen molar-refractivity contribution in [1.29, 1.82) is 0 Å². The molecular formula is C9H10BrNO3. The van der Waals surface area contributed by atoms with Gasteiger partial charge < -0.3 is 15.6 Å². The molecular weight excluding hydrogens is 250 g/mol. The first-order chi connectivity index (χ1) is 6.56. The molecule has 0 aromatic rings. The molecule has 0 fully saturated rings. The van der Waals surface area contributed by atoms with E-state index in [1.807, 2.05) is 0 Å². The third-order valence-electron chi connectivity index (χ3n) is 1.81. The number of allylic oxidation sites excluding steroid dienone is 2. The van der Waals surface area contributed by atoms with Crippen LogP contribution in [-0.2, 0) is 9.53 Å². The van der Waals surface area contributed by atoms with Gasteiger partial charge >= 0.3 is 5.97 Å². The van der Waals surface area contributed by atoms with Gasteiger partial charge in [-0.05, 0) is 28.1 Å². The summed E-state index contributed by atoms with van der Waals surface area (Å²) in [5.41, 5.74) is 6.01. The van der Waals surface area contributed by atoms with Crippen molar-refractivity contribution in [3.63, 3.8) is 0 Å². The molecule has 0 heterocycles. The van der Waals surface area contributed by atoms with E-state index >= 15 is 0 Å². The third-order valence-corrected chi connectivity index (χ3v) is 2.43. The maximum absolute atomic E-state index is 10.8. The number of carboxylic acid groups (broad SMARTS) is 1. The SMILES string of the molecule is COC1=CCC(N)=C(C(=O)O)C=C1Br. The molecule has 0 unspecified atom stereocenters. The van der Waals surface area contributed by atoms with Crippen LogP contribution < -0.4 is 5.73 Å². The molecule has 0 saturated heterocycles. The standard InChI is InChI=1S/C9H10BrNO3/c1-14-8-3-2-7(11)5(9(12)13)4-6(8)10/h3-4H,2,11H2,1H3,(H,12,13). The highest BCUT2D eigenvalue weighted by Gasteiger charge is 2.15. The van der Waals surface area contributed by atoms with E-state index in [0.29, 0.717) is 22.4 Å². The smallest absolute Gasteiger partial charge is 0.337 e. The summed E-state index contributed by atoms with van der Waals surface area (Å²) in [6, 6.07) is 0. The first-order valence-corrected chi connectivity index (χ1v) is 4.69. The van der Waals surface area contributed by atoms with Gasteiger partial charge in [0.15, 0.2) is 0 Å². The highest BCUT2D eigenvalue weighted by molar-refractivity contribution is 9.12. The molecule has 1 aliphatic carbocycles. The molecule has 0 atom stereocenters. The molecule has 76 valence electrons. The fraction of sp³-hybridized carbons (Fsp3) is 0.222. The molecule has 14 heavy (non-hydrogen) atoms. The van der Waals surface area contributed by atoms with Gasteiger partial charge in [-0.1, -0.05) is 0 Å². The zero-order valence-corrected chi connectivity index (χ0v) is 9.17. The second-order valence-electron chi connectivity index (χ2n) is 2.71. The van der Waals surface area contributed by atoms with Gasteiger partial charge in [0.2, 0.25) is 0 Å². The number of nitrogens with two attached hydrogens (primary N) is 1. The van der Waals surface area contributed by atoms with E-state index in [4.69, 9.17) is 15.6 Å². The molecule has 1 rings (SSSR count). The largest absolute Gasteiger partial charge is 0.496 e. The lowest BCUT2D eigenvalue weighted by molar-refractivity contribution is -0.132. The van der Waals surface area contributed by atoms with Gasteiger partial charge in [0.05, 0.1) is 17.2 Å². The molecule has 0 bridgehead atoms. The van der Waals surface area contributed by atoms with Crippen LogP contribution in [0.1, 0.15) is 6.42 Å². The summed E-state index contributed by atoms with van der Waals surface area (Å²) >= 11 is 3.22. The quantitative estimate of drug-likeness (QED) is 0.789. The lowest BCUT2D eigenvalue weighted by Crippen LogP contribution is -2.07. The Bertz CT molecular complexity index is 355. The van der Waals surface area contributed by atoms with Crippen LogP contribution in [0.15, 0.2) is 33.7 Å². The number of rotatable bonds is 2. The molecule has 0 aliphatic heterocycles. The van der Waals surface area contributed by atoms with E-state index in [1.165, 1.54) is 13.2 Å². The van der Waals surface area contributed by atoms with Gasteiger partial charge in [-0.3, -0.25) is 0 Å². The predicted octanol–water partition coefficient (Wildman–Crippen LogP) is 1.50. The van der Waals surface area contributed by atoms with Crippen LogP contribution in [-0.4, -0.2) is 18.2 Å². The molecule has 0 amide bonds. The van der Waals surface area contributed by atoms with Gasteiger partial charge in [-0.15, -0.1) is 0 Å². The molecule has 5 heteroatoms. The van der Waals surface area contributed by atoms with Crippen molar-refractivity contribution in [2.24, 2.45) is 5.73 Å². The second kappa shape index (κ2) is 4.32. The number of hydrogen-bond acceptors (Lipinski definition) is 3. The van der Waals surface area contributed by atoms with Crippen LogP contribution in [0, 0.1) is 0 Å². The van der Waals surface area contributed by atoms with Crippen molar-refractivity contribution in [3.05, 3.63) is 33.7 Å². The fourth-order valence-corrected chi connectivity index (χ4v) is 1.63.